The predicted octanol–water partition coefficient (Wildman–Crippen LogP) is 3.17. The van der Waals surface area contributed by atoms with Crippen molar-refractivity contribution in [3.05, 3.63) is 71.3 Å². The second-order valence-corrected chi connectivity index (χ2v) is 6.80. The van der Waals surface area contributed by atoms with E-state index in [0.717, 1.165) is 5.56 Å². The summed E-state index contributed by atoms with van der Waals surface area (Å²) in [6.07, 6.45) is 0. The Kier molecular flexibility index (Phi) is 4.21. The first-order valence-corrected chi connectivity index (χ1v) is 7.96. The lowest BCUT2D eigenvalue weighted by Gasteiger charge is -2.11. The highest BCUT2D eigenvalue weighted by atomic mass is 32.2. The Bertz CT molecular complexity index is 713. The number of benzene rings is 2. The van der Waals surface area contributed by atoms with E-state index in [-0.39, 0.29) is 5.75 Å². The van der Waals surface area contributed by atoms with Gasteiger partial charge in [-0.3, -0.25) is 0 Å². The maximum atomic E-state index is 12.4. The second-order valence-electron chi connectivity index (χ2n) is 4.71. The highest BCUT2D eigenvalue weighted by Gasteiger charge is 2.27. The Morgan fingerprint density at radius 2 is 1.65 bits per heavy atom. The molecular formula is C16H15NO2S. The number of hydrogen-bond acceptors (Lipinski definition) is 3. The standard InChI is InChI=1S/C16H15NO2S/c1-13-7-9-14(10-8-13)12-20(18,19)16(11-17)15-5-3-2-4-6-15/h2-10,16H,12H2,1H3. The summed E-state index contributed by atoms with van der Waals surface area (Å²) in [5.74, 6) is -0.125. The van der Waals surface area contributed by atoms with Gasteiger partial charge in [0.15, 0.2) is 15.1 Å². The first kappa shape index (κ1) is 14.3. The molecule has 0 amide bonds. The van der Waals surface area contributed by atoms with Gasteiger partial charge in [-0.2, -0.15) is 5.26 Å². The van der Waals surface area contributed by atoms with Crippen molar-refractivity contribution in [1.82, 2.24) is 0 Å². The van der Waals surface area contributed by atoms with Crippen molar-refractivity contribution in [3.8, 4) is 6.07 Å². The SMILES string of the molecule is Cc1ccc(CS(=O)(=O)C(C#N)c2ccccc2)cc1. The molecule has 4 heteroatoms. The molecule has 0 aromatic heterocycles. The summed E-state index contributed by atoms with van der Waals surface area (Å²) >= 11 is 0. The number of nitrogens with zero attached hydrogens (tertiary/aromatic N) is 1. The lowest BCUT2D eigenvalue weighted by atomic mass is 10.2. The summed E-state index contributed by atoms with van der Waals surface area (Å²) in [7, 11) is -3.55. The summed E-state index contributed by atoms with van der Waals surface area (Å²) in [4.78, 5) is 0. The minimum atomic E-state index is -3.55. The minimum Gasteiger partial charge on any atom is -0.227 e. The zero-order valence-electron chi connectivity index (χ0n) is 11.2. The molecule has 0 aliphatic carbocycles. The lowest BCUT2D eigenvalue weighted by Crippen LogP contribution is -2.14. The van der Waals surface area contributed by atoms with E-state index in [1.54, 1.807) is 42.5 Å². The van der Waals surface area contributed by atoms with Crippen LogP contribution in [0, 0.1) is 18.3 Å². The first-order chi connectivity index (χ1) is 9.53. The fourth-order valence-corrected chi connectivity index (χ4v) is 3.55. The summed E-state index contributed by atoms with van der Waals surface area (Å²) in [5, 5.41) is 8.09. The molecule has 0 heterocycles. The quantitative estimate of drug-likeness (QED) is 0.867. The van der Waals surface area contributed by atoms with E-state index in [2.05, 4.69) is 0 Å². The fraction of sp³-hybridized carbons (Fsp3) is 0.188. The van der Waals surface area contributed by atoms with Crippen molar-refractivity contribution in [2.45, 2.75) is 17.9 Å². The van der Waals surface area contributed by atoms with E-state index in [0.29, 0.717) is 11.1 Å². The highest BCUT2D eigenvalue weighted by Crippen LogP contribution is 2.25. The number of rotatable bonds is 4. The topological polar surface area (TPSA) is 57.9 Å². The molecule has 0 aliphatic rings. The molecule has 1 atom stereocenters. The third-order valence-electron chi connectivity index (χ3n) is 3.07. The van der Waals surface area contributed by atoms with Crippen LogP contribution < -0.4 is 0 Å². The first-order valence-electron chi connectivity index (χ1n) is 6.24. The van der Waals surface area contributed by atoms with Crippen LogP contribution in [0.4, 0.5) is 0 Å². The van der Waals surface area contributed by atoms with Crippen LogP contribution in [0.1, 0.15) is 21.9 Å². The van der Waals surface area contributed by atoms with Gasteiger partial charge in [0, 0.05) is 0 Å². The molecule has 2 aromatic rings. The molecule has 1 unspecified atom stereocenters. The molecule has 3 nitrogen and oxygen atoms in total. The molecule has 0 spiro atoms. The van der Waals surface area contributed by atoms with Gasteiger partial charge >= 0.3 is 0 Å². The van der Waals surface area contributed by atoms with E-state index in [1.807, 2.05) is 25.1 Å². The third kappa shape index (κ3) is 3.25. The number of nitriles is 1. The van der Waals surface area contributed by atoms with Crippen molar-refractivity contribution >= 4 is 9.84 Å². The molecule has 2 aromatic carbocycles. The zero-order chi connectivity index (χ0) is 14.6. The Morgan fingerprint density at radius 1 is 1.05 bits per heavy atom. The molecule has 2 rings (SSSR count). The summed E-state index contributed by atoms with van der Waals surface area (Å²) in [6, 6.07) is 17.8. The van der Waals surface area contributed by atoms with Crippen LogP contribution in [0.3, 0.4) is 0 Å². The van der Waals surface area contributed by atoms with Gasteiger partial charge in [-0.15, -0.1) is 0 Å². The van der Waals surface area contributed by atoms with Crippen LogP contribution in [0.15, 0.2) is 54.6 Å². The molecule has 20 heavy (non-hydrogen) atoms. The molecule has 102 valence electrons. The molecule has 0 aliphatic heterocycles. The average Bonchev–Trinajstić information content (AvgIpc) is 2.43. The van der Waals surface area contributed by atoms with Gasteiger partial charge in [-0.25, -0.2) is 8.42 Å². The molecule has 0 fully saturated rings. The van der Waals surface area contributed by atoms with Crippen LogP contribution in [-0.4, -0.2) is 8.42 Å². The van der Waals surface area contributed by atoms with Gasteiger partial charge in [0.1, 0.15) is 0 Å². The second kappa shape index (κ2) is 5.89. The lowest BCUT2D eigenvalue weighted by molar-refractivity contribution is 0.590. The maximum Gasteiger partial charge on any atom is 0.174 e. The molecule has 0 saturated carbocycles. The third-order valence-corrected chi connectivity index (χ3v) is 4.90. The van der Waals surface area contributed by atoms with Crippen LogP contribution in [0.5, 0.6) is 0 Å². The normalized spacial score (nSPS) is 12.6. The Balaban J connectivity index is 2.29. The molecule has 0 bridgehead atoms. The number of hydrogen-bond donors (Lipinski definition) is 0. The predicted molar refractivity (Wildman–Crippen MR) is 78.6 cm³/mol. The van der Waals surface area contributed by atoms with Crippen molar-refractivity contribution in [2.75, 3.05) is 0 Å². The summed E-state index contributed by atoms with van der Waals surface area (Å²) in [6.45, 7) is 1.94. The zero-order valence-corrected chi connectivity index (χ0v) is 12.0. The van der Waals surface area contributed by atoms with Crippen molar-refractivity contribution < 1.29 is 8.42 Å². The largest absolute Gasteiger partial charge is 0.227 e. The van der Waals surface area contributed by atoms with Crippen molar-refractivity contribution in [3.63, 3.8) is 0 Å². The van der Waals surface area contributed by atoms with E-state index in [1.165, 1.54) is 0 Å². The Labute approximate surface area is 119 Å². The van der Waals surface area contributed by atoms with Crippen LogP contribution in [0.25, 0.3) is 0 Å². The van der Waals surface area contributed by atoms with Crippen molar-refractivity contribution in [2.24, 2.45) is 0 Å². The fourth-order valence-electron chi connectivity index (χ4n) is 1.99. The van der Waals surface area contributed by atoms with Crippen LogP contribution >= 0.6 is 0 Å². The van der Waals surface area contributed by atoms with Gasteiger partial charge in [-0.1, -0.05) is 60.2 Å². The van der Waals surface area contributed by atoms with E-state index in [4.69, 9.17) is 0 Å². The average molecular weight is 285 g/mol. The Morgan fingerprint density at radius 3 is 2.20 bits per heavy atom. The molecule has 0 N–H and O–H groups in total. The number of sulfone groups is 1. The van der Waals surface area contributed by atoms with Crippen molar-refractivity contribution in [1.29, 1.82) is 5.26 Å². The van der Waals surface area contributed by atoms with Gasteiger partial charge in [0.25, 0.3) is 0 Å². The number of aryl methyl sites for hydroxylation is 1. The van der Waals surface area contributed by atoms with Crippen LogP contribution in [-0.2, 0) is 15.6 Å². The van der Waals surface area contributed by atoms with E-state index in [9.17, 15) is 13.7 Å². The van der Waals surface area contributed by atoms with E-state index < -0.39 is 15.1 Å². The highest BCUT2D eigenvalue weighted by molar-refractivity contribution is 7.91. The molecule has 0 radical (unpaired) electrons. The summed E-state index contributed by atoms with van der Waals surface area (Å²) in [5.41, 5.74) is 2.29. The molecule has 0 saturated heterocycles. The van der Waals surface area contributed by atoms with E-state index >= 15 is 0 Å². The van der Waals surface area contributed by atoms with Gasteiger partial charge < -0.3 is 0 Å². The summed E-state index contributed by atoms with van der Waals surface area (Å²) < 4.78 is 24.8. The van der Waals surface area contributed by atoms with Gasteiger partial charge in [0.2, 0.25) is 0 Å². The monoisotopic (exact) mass is 285 g/mol. The van der Waals surface area contributed by atoms with Gasteiger partial charge in [0.05, 0.1) is 11.8 Å². The maximum absolute atomic E-state index is 12.4. The van der Waals surface area contributed by atoms with Gasteiger partial charge in [-0.05, 0) is 18.1 Å². The van der Waals surface area contributed by atoms with Crippen LogP contribution in [0.2, 0.25) is 0 Å². The minimum absolute atomic E-state index is 0.125. The Hall–Kier alpha value is -2.12. The smallest absolute Gasteiger partial charge is 0.174 e. The molecular weight excluding hydrogens is 270 g/mol.